The SMILES string of the molecule is S=c1[nH]c(-c2ccc(Cl)cc2)cn1-c1ccccc1Br. The van der Waals surface area contributed by atoms with Crippen molar-refractivity contribution in [3.8, 4) is 16.9 Å². The summed E-state index contributed by atoms with van der Waals surface area (Å²) in [5.41, 5.74) is 3.02. The third-order valence-corrected chi connectivity index (χ3v) is 4.21. The van der Waals surface area contributed by atoms with Crippen molar-refractivity contribution in [2.75, 3.05) is 0 Å². The lowest BCUT2D eigenvalue weighted by Crippen LogP contribution is -1.92. The molecule has 0 aliphatic carbocycles. The molecule has 0 saturated carbocycles. The first-order valence-corrected chi connectivity index (χ1v) is 7.55. The van der Waals surface area contributed by atoms with E-state index < -0.39 is 0 Å². The molecule has 1 aromatic heterocycles. The second kappa shape index (κ2) is 5.56. The van der Waals surface area contributed by atoms with Crippen LogP contribution < -0.4 is 0 Å². The summed E-state index contributed by atoms with van der Waals surface area (Å²) in [5, 5.41) is 0.720. The molecule has 1 heterocycles. The fraction of sp³-hybridized carbons (Fsp3) is 0. The summed E-state index contributed by atoms with van der Waals surface area (Å²) in [4.78, 5) is 3.22. The van der Waals surface area contributed by atoms with E-state index in [1.807, 2.05) is 59.3 Å². The minimum Gasteiger partial charge on any atom is -0.330 e. The van der Waals surface area contributed by atoms with Gasteiger partial charge in [-0.25, -0.2) is 0 Å². The Morgan fingerprint density at radius 1 is 1.05 bits per heavy atom. The van der Waals surface area contributed by atoms with E-state index in [1.54, 1.807) is 0 Å². The summed E-state index contributed by atoms with van der Waals surface area (Å²) in [6.45, 7) is 0. The van der Waals surface area contributed by atoms with Crippen molar-refractivity contribution >= 4 is 39.7 Å². The molecule has 0 radical (unpaired) electrons. The van der Waals surface area contributed by atoms with Gasteiger partial charge in [0.1, 0.15) is 0 Å². The van der Waals surface area contributed by atoms with Gasteiger partial charge in [0.05, 0.1) is 11.4 Å². The first kappa shape index (κ1) is 13.6. The van der Waals surface area contributed by atoms with Crippen molar-refractivity contribution in [3.63, 3.8) is 0 Å². The van der Waals surface area contributed by atoms with E-state index in [1.165, 1.54) is 0 Å². The number of aromatic nitrogens is 2. The zero-order chi connectivity index (χ0) is 14.1. The van der Waals surface area contributed by atoms with Crippen LogP contribution in [-0.2, 0) is 0 Å². The number of rotatable bonds is 2. The quantitative estimate of drug-likeness (QED) is 0.585. The number of para-hydroxylation sites is 1. The topological polar surface area (TPSA) is 20.7 Å². The van der Waals surface area contributed by atoms with Crippen molar-refractivity contribution in [1.29, 1.82) is 0 Å². The first-order chi connectivity index (χ1) is 9.65. The fourth-order valence-electron chi connectivity index (χ4n) is 2.00. The molecule has 3 aromatic rings. The van der Waals surface area contributed by atoms with Gasteiger partial charge < -0.3 is 4.98 Å². The maximum absolute atomic E-state index is 5.91. The summed E-state index contributed by atoms with van der Waals surface area (Å²) in [6.07, 6.45) is 1.99. The highest BCUT2D eigenvalue weighted by Crippen LogP contribution is 2.25. The molecule has 0 spiro atoms. The van der Waals surface area contributed by atoms with Gasteiger partial charge in [-0.15, -0.1) is 0 Å². The maximum atomic E-state index is 5.91. The van der Waals surface area contributed by atoms with Crippen molar-refractivity contribution in [2.45, 2.75) is 0 Å². The number of halogens is 2. The van der Waals surface area contributed by atoms with Crippen molar-refractivity contribution in [2.24, 2.45) is 0 Å². The predicted octanol–water partition coefficient (Wildman–Crippen LogP) is 5.62. The molecular formula is C15H10BrClN2S. The third kappa shape index (κ3) is 2.59. The molecule has 0 bridgehead atoms. The number of aromatic amines is 1. The lowest BCUT2D eigenvalue weighted by atomic mass is 10.2. The van der Waals surface area contributed by atoms with Crippen LogP contribution in [0, 0.1) is 4.77 Å². The molecule has 0 fully saturated rings. The van der Waals surface area contributed by atoms with Gasteiger partial charge in [0.25, 0.3) is 0 Å². The van der Waals surface area contributed by atoms with E-state index in [9.17, 15) is 0 Å². The Kier molecular flexibility index (Phi) is 3.78. The van der Waals surface area contributed by atoms with Gasteiger partial charge in [0.2, 0.25) is 0 Å². The Hall–Kier alpha value is -1.36. The molecule has 0 aliphatic heterocycles. The Bertz CT molecular complexity index is 805. The average molecular weight is 366 g/mol. The largest absolute Gasteiger partial charge is 0.330 e. The third-order valence-electron chi connectivity index (χ3n) is 2.99. The summed E-state index contributed by atoms with van der Waals surface area (Å²) in [5.74, 6) is 0. The molecule has 1 N–H and O–H groups in total. The van der Waals surface area contributed by atoms with Crippen LogP contribution in [0.2, 0.25) is 5.02 Å². The first-order valence-electron chi connectivity index (χ1n) is 5.97. The highest BCUT2D eigenvalue weighted by atomic mass is 79.9. The summed E-state index contributed by atoms with van der Waals surface area (Å²) in [7, 11) is 0. The van der Waals surface area contributed by atoms with Crippen LogP contribution in [0.15, 0.2) is 59.2 Å². The number of nitrogens with one attached hydrogen (secondary N) is 1. The summed E-state index contributed by atoms with van der Waals surface area (Å²) < 4.78 is 3.60. The number of hydrogen-bond donors (Lipinski definition) is 1. The number of imidazole rings is 1. The normalized spacial score (nSPS) is 10.7. The molecule has 0 saturated heterocycles. The van der Waals surface area contributed by atoms with E-state index in [-0.39, 0.29) is 0 Å². The molecule has 0 unspecified atom stereocenters. The zero-order valence-corrected chi connectivity index (χ0v) is 13.5. The molecule has 2 aromatic carbocycles. The molecule has 0 aliphatic rings. The van der Waals surface area contributed by atoms with E-state index in [2.05, 4.69) is 20.9 Å². The number of hydrogen-bond acceptors (Lipinski definition) is 1. The van der Waals surface area contributed by atoms with E-state index in [0.717, 1.165) is 26.4 Å². The molecule has 2 nitrogen and oxygen atoms in total. The lowest BCUT2D eigenvalue weighted by molar-refractivity contribution is 1.02. The molecule has 0 amide bonds. The molecule has 5 heteroatoms. The monoisotopic (exact) mass is 364 g/mol. The van der Waals surface area contributed by atoms with Crippen LogP contribution in [-0.4, -0.2) is 9.55 Å². The van der Waals surface area contributed by atoms with Crippen LogP contribution in [0.3, 0.4) is 0 Å². The Labute approximate surface area is 135 Å². The minimum atomic E-state index is 0.654. The highest BCUT2D eigenvalue weighted by molar-refractivity contribution is 9.10. The highest BCUT2D eigenvalue weighted by Gasteiger charge is 2.07. The smallest absolute Gasteiger partial charge is 0.182 e. The minimum absolute atomic E-state index is 0.654. The summed E-state index contributed by atoms with van der Waals surface area (Å²) in [6, 6.07) is 15.6. The van der Waals surface area contributed by atoms with E-state index in [4.69, 9.17) is 23.8 Å². The molecule has 20 heavy (non-hydrogen) atoms. The number of H-pyrrole nitrogens is 1. The van der Waals surface area contributed by atoms with Crippen LogP contribution in [0.25, 0.3) is 16.9 Å². The molecular weight excluding hydrogens is 356 g/mol. The molecule has 100 valence electrons. The van der Waals surface area contributed by atoms with Gasteiger partial charge in [0.15, 0.2) is 4.77 Å². The maximum Gasteiger partial charge on any atom is 0.182 e. The van der Waals surface area contributed by atoms with Crippen molar-refractivity contribution in [1.82, 2.24) is 9.55 Å². The van der Waals surface area contributed by atoms with Gasteiger partial charge in [-0.05, 0) is 58.0 Å². The van der Waals surface area contributed by atoms with Crippen LogP contribution >= 0.6 is 39.7 Å². The zero-order valence-electron chi connectivity index (χ0n) is 10.3. The van der Waals surface area contributed by atoms with Crippen molar-refractivity contribution < 1.29 is 0 Å². The van der Waals surface area contributed by atoms with Gasteiger partial charge in [-0.3, -0.25) is 4.57 Å². The Balaban J connectivity index is 2.10. The van der Waals surface area contributed by atoms with Gasteiger partial charge in [-0.1, -0.05) is 35.9 Å². The number of nitrogens with zero attached hydrogens (tertiary/aromatic N) is 1. The fourth-order valence-corrected chi connectivity index (χ4v) is 2.86. The second-order valence-corrected chi connectivity index (χ2v) is 5.98. The van der Waals surface area contributed by atoms with Crippen LogP contribution in [0.5, 0.6) is 0 Å². The summed E-state index contributed by atoms with van der Waals surface area (Å²) >= 11 is 14.9. The van der Waals surface area contributed by atoms with Crippen LogP contribution in [0.1, 0.15) is 0 Å². The van der Waals surface area contributed by atoms with Crippen molar-refractivity contribution in [3.05, 3.63) is 69.0 Å². The van der Waals surface area contributed by atoms with E-state index >= 15 is 0 Å². The molecule has 0 atom stereocenters. The standard InChI is InChI=1S/C15H10BrClN2S/c16-12-3-1-2-4-14(12)19-9-13(18-15(19)20)10-5-7-11(17)8-6-10/h1-9H,(H,18,20). The van der Waals surface area contributed by atoms with Gasteiger partial charge >= 0.3 is 0 Å². The van der Waals surface area contributed by atoms with Crippen LogP contribution in [0.4, 0.5) is 0 Å². The molecule has 3 rings (SSSR count). The van der Waals surface area contributed by atoms with Gasteiger partial charge in [0, 0.05) is 15.7 Å². The average Bonchev–Trinajstić information content (AvgIpc) is 2.82. The Morgan fingerprint density at radius 3 is 2.45 bits per heavy atom. The number of benzene rings is 2. The van der Waals surface area contributed by atoms with Gasteiger partial charge in [-0.2, -0.15) is 0 Å². The Morgan fingerprint density at radius 2 is 1.75 bits per heavy atom. The van der Waals surface area contributed by atoms with E-state index in [0.29, 0.717) is 4.77 Å². The predicted molar refractivity (Wildman–Crippen MR) is 89.1 cm³/mol. The second-order valence-electron chi connectivity index (χ2n) is 4.30. The lowest BCUT2D eigenvalue weighted by Gasteiger charge is -2.04.